The molecule has 1 aromatic heterocycles. The van der Waals surface area contributed by atoms with Crippen molar-refractivity contribution in [3.63, 3.8) is 0 Å². The first-order chi connectivity index (χ1) is 5.54. The first kappa shape index (κ1) is 11.0. The predicted molar refractivity (Wildman–Crippen MR) is 52.2 cm³/mol. The summed E-state index contributed by atoms with van der Waals surface area (Å²) in [4.78, 5) is 10.6. The van der Waals surface area contributed by atoms with Gasteiger partial charge in [-0.25, -0.2) is 0 Å². The minimum atomic E-state index is 0.0347. The maximum atomic E-state index is 10.6. The van der Waals surface area contributed by atoms with Crippen molar-refractivity contribution in [1.29, 1.82) is 0 Å². The van der Waals surface area contributed by atoms with Crippen LogP contribution in [0.4, 0.5) is 0 Å². The summed E-state index contributed by atoms with van der Waals surface area (Å²) >= 11 is 0. The number of hydrogen-bond acceptors (Lipinski definition) is 1. The highest BCUT2D eigenvalue weighted by atomic mass is 16.1. The Morgan fingerprint density at radius 1 is 1.25 bits per heavy atom. The molecule has 0 N–H and O–H groups in total. The SMILES string of the molecule is CC(C)C.Cn1ccccc1=O. The molecular formula is C10H17NO. The lowest BCUT2D eigenvalue weighted by Crippen LogP contribution is -2.12. The highest BCUT2D eigenvalue weighted by molar-refractivity contribution is 4.91. The maximum absolute atomic E-state index is 10.6. The molecule has 2 heteroatoms. The fourth-order valence-corrected chi connectivity index (χ4v) is 0.508. The van der Waals surface area contributed by atoms with Crippen molar-refractivity contribution >= 4 is 0 Å². The molecule has 0 spiro atoms. The van der Waals surface area contributed by atoms with Crippen LogP contribution >= 0.6 is 0 Å². The lowest BCUT2D eigenvalue weighted by Gasteiger charge is -1.89. The molecule has 0 radical (unpaired) electrons. The van der Waals surface area contributed by atoms with Crippen molar-refractivity contribution < 1.29 is 0 Å². The molecule has 0 unspecified atom stereocenters. The average molecular weight is 167 g/mol. The maximum Gasteiger partial charge on any atom is 0.250 e. The van der Waals surface area contributed by atoms with E-state index in [4.69, 9.17) is 0 Å². The highest BCUT2D eigenvalue weighted by Crippen LogP contribution is 1.81. The summed E-state index contributed by atoms with van der Waals surface area (Å²) in [6.45, 7) is 6.50. The van der Waals surface area contributed by atoms with Crippen LogP contribution in [0.1, 0.15) is 20.8 Å². The minimum Gasteiger partial charge on any atom is -0.319 e. The Hall–Kier alpha value is -1.05. The molecule has 0 bridgehead atoms. The van der Waals surface area contributed by atoms with E-state index in [0.29, 0.717) is 0 Å². The van der Waals surface area contributed by atoms with Gasteiger partial charge in [0.2, 0.25) is 5.56 Å². The standard InChI is InChI=1S/C6H7NO.C4H10/c1-7-5-3-2-4-6(7)8;1-4(2)3/h2-5H,1H3;4H,1-3H3. The van der Waals surface area contributed by atoms with Gasteiger partial charge < -0.3 is 4.57 Å². The lowest BCUT2D eigenvalue weighted by atomic mass is 10.3. The normalized spacial score (nSPS) is 9.08. The second-order valence-corrected chi connectivity index (χ2v) is 3.38. The highest BCUT2D eigenvalue weighted by Gasteiger charge is 1.79. The van der Waals surface area contributed by atoms with Gasteiger partial charge in [0.15, 0.2) is 0 Å². The van der Waals surface area contributed by atoms with E-state index in [1.807, 2.05) is 6.07 Å². The number of nitrogens with zero attached hydrogens (tertiary/aromatic N) is 1. The van der Waals surface area contributed by atoms with Crippen LogP contribution in [0.3, 0.4) is 0 Å². The van der Waals surface area contributed by atoms with Gasteiger partial charge in [0, 0.05) is 19.3 Å². The molecule has 68 valence electrons. The third kappa shape index (κ3) is 5.71. The van der Waals surface area contributed by atoms with Gasteiger partial charge in [-0.3, -0.25) is 4.79 Å². The molecule has 0 amide bonds. The monoisotopic (exact) mass is 167 g/mol. The topological polar surface area (TPSA) is 22.0 Å². The Kier molecular flexibility index (Phi) is 5.09. The lowest BCUT2D eigenvalue weighted by molar-refractivity contribution is 0.737. The molecule has 0 aliphatic heterocycles. The van der Waals surface area contributed by atoms with Gasteiger partial charge in [-0.1, -0.05) is 26.8 Å². The fourth-order valence-electron chi connectivity index (χ4n) is 0.508. The van der Waals surface area contributed by atoms with Crippen LogP contribution in [0, 0.1) is 5.92 Å². The summed E-state index contributed by atoms with van der Waals surface area (Å²) in [5, 5.41) is 0. The summed E-state index contributed by atoms with van der Waals surface area (Å²) < 4.78 is 1.53. The molecule has 0 aliphatic rings. The smallest absolute Gasteiger partial charge is 0.250 e. The summed E-state index contributed by atoms with van der Waals surface area (Å²) in [5.41, 5.74) is 0.0347. The third-order valence-electron chi connectivity index (χ3n) is 1.01. The quantitative estimate of drug-likeness (QED) is 0.579. The molecule has 0 saturated heterocycles. The molecule has 0 atom stereocenters. The largest absolute Gasteiger partial charge is 0.319 e. The third-order valence-corrected chi connectivity index (χ3v) is 1.01. The zero-order chi connectivity index (χ0) is 9.56. The minimum absolute atomic E-state index is 0.0347. The number of aryl methyl sites for hydroxylation is 1. The summed E-state index contributed by atoms with van der Waals surface area (Å²) in [6, 6.07) is 5.07. The molecule has 1 rings (SSSR count). The van der Waals surface area contributed by atoms with Gasteiger partial charge >= 0.3 is 0 Å². The van der Waals surface area contributed by atoms with Crippen molar-refractivity contribution in [2.75, 3.05) is 0 Å². The van der Waals surface area contributed by atoms with Crippen LogP contribution in [0.5, 0.6) is 0 Å². The predicted octanol–water partition coefficient (Wildman–Crippen LogP) is 2.05. The molecular weight excluding hydrogens is 150 g/mol. The first-order valence-electron chi connectivity index (χ1n) is 4.15. The van der Waals surface area contributed by atoms with Gasteiger partial charge in [0.05, 0.1) is 0 Å². The van der Waals surface area contributed by atoms with E-state index in [2.05, 4.69) is 20.8 Å². The summed E-state index contributed by atoms with van der Waals surface area (Å²) in [6.07, 6.45) is 1.72. The Morgan fingerprint density at radius 2 is 1.75 bits per heavy atom. The van der Waals surface area contributed by atoms with Crippen molar-refractivity contribution in [2.24, 2.45) is 13.0 Å². The van der Waals surface area contributed by atoms with E-state index in [1.54, 1.807) is 19.3 Å². The van der Waals surface area contributed by atoms with E-state index in [9.17, 15) is 4.79 Å². The van der Waals surface area contributed by atoms with E-state index in [1.165, 1.54) is 10.6 Å². The number of hydrogen-bond donors (Lipinski definition) is 0. The van der Waals surface area contributed by atoms with Crippen LogP contribution in [0.2, 0.25) is 0 Å². The molecule has 2 nitrogen and oxygen atoms in total. The number of rotatable bonds is 0. The zero-order valence-corrected chi connectivity index (χ0v) is 8.24. The number of pyridine rings is 1. The molecule has 1 aromatic rings. The van der Waals surface area contributed by atoms with Crippen LogP contribution in [-0.4, -0.2) is 4.57 Å². The molecule has 0 aliphatic carbocycles. The van der Waals surface area contributed by atoms with Gasteiger partial charge in [-0.05, 0) is 12.0 Å². The van der Waals surface area contributed by atoms with Crippen molar-refractivity contribution in [3.8, 4) is 0 Å². The summed E-state index contributed by atoms with van der Waals surface area (Å²) in [5.74, 6) is 0.833. The Labute approximate surface area is 73.9 Å². The second-order valence-electron chi connectivity index (χ2n) is 3.38. The van der Waals surface area contributed by atoms with Crippen LogP contribution in [0.15, 0.2) is 29.2 Å². The van der Waals surface area contributed by atoms with Crippen LogP contribution in [-0.2, 0) is 7.05 Å². The van der Waals surface area contributed by atoms with Crippen LogP contribution in [0.25, 0.3) is 0 Å². The zero-order valence-electron chi connectivity index (χ0n) is 8.24. The fraction of sp³-hybridized carbons (Fsp3) is 0.500. The second kappa shape index (κ2) is 5.58. The van der Waals surface area contributed by atoms with E-state index < -0.39 is 0 Å². The molecule has 0 aromatic carbocycles. The Morgan fingerprint density at radius 3 is 2.00 bits per heavy atom. The first-order valence-corrected chi connectivity index (χ1v) is 4.15. The van der Waals surface area contributed by atoms with E-state index in [-0.39, 0.29) is 5.56 Å². The van der Waals surface area contributed by atoms with Gasteiger partial charge in [-0.15, -0.1) is 0 Å². The Bertz CT molecular complexity index is 260. The average Bonchev–Trinajstić information content (AvgIpc) is 1.94. The van der Waals surface area contributed by atoms with Crippen molar-refractivity contribution in [2.45, 2.75) is 20.8 Å². The molecule has 12 heavy (non-hydrogen) atoms. The van der Waals surface area contributed by atoms with Crippen molar-refractivity contribution in [3.05, 3.63) is 34.7 Å². The van der Waals surface area contributed by atoms with Crippen molar-refractivity contribution in [1.82, 2.24) is 4.57 Å². The molecule has 1 heterocycles. The Balaban J connectivity index is 0.000000261. The van der Waals surface area contributed by atoms with Gasteiger partial charge in [0.1, 0.15) is 0 Å². The molecule has 0 fully saturated rings. The van der Waals surface area contributed by atoms with Crippen LogP contribution < -0.4 is 5.56 Å². The number of aromatic nitrogens is 1. The summed E-state index contributed by atoms with van der Waals surface area (Å²) in [7, 11) is 1.72. The van der Waals surface area contributed by atoms with E-state index >= 15 is 0 Å². The van der Waals surface area contributed by atoms with Gasteiger partial charge in [0.25, 0.3) is 0 Å². The molecule has 0 saturated carbocycles. The van der Waals surface area contributed by atoms with E-state index in [0.717, 1.165) is 5.92 Å². The van der Waals surface area contributed by atoms with Gasteiger partial charge in [-0.2, -0.15) is 0 Å².